The molecule has 1 aromatic carbocycles. The van der Waals surface area contributed by atoms with Gasteiger partial charge in [0.2, 0.25) is 0 Å². The van der Waals surface area contributed by atoms with Crippen molar-refractivity contribution in [2.75, 3.05) is 0 Å². The zero-order valence-corrected chi connectivity index (χ0v) is 11.9. The molecule has 1 fully saturated rings. The topological polar surface area (TPSA) is 57.8 Å². The zero-order chi connectivity index (χ0) is 13.9. The maximum absolute atomic E-state index is 12.5. The van der Waals surface area contributed by atoms with Crippen LogP contribution >= 0.6 is 0 Å². The first-order valence-electron chi connectivity index (χ1n) is 7.49. The van der Waals surface area contributed by atoms with E-state index in [1.807, 2.05) is 24.3 Å². The van der Waals surface area contributed by atoms with E-state index in [1.54, 1.807) is 0 Å². The van der Waals surface area contributed by atoms with Gasteiger partial charge in [0.15, 0.2) is 5.69 Å². The molecule has 0 saturated heterocycles. The fourth-order valence-corrected chi connectivity index (χ4v) is 3.08. The van der Waals surface area contributed by atoms with E-state index in [0.29, 0.717) is 11.6 Å². The smallest absolute Gasteiger partial charge is 0.272 e. The number of carbonyl (C=O) groups excluding carboxylic acids is 1. The number of aromatic amines is 1. The predicted molar refractivity (Wildman–Crippen MR) is 79.6 cm³/mol. The quantitative estimate of drug-likeness (QED) is 0.824. The van der Waals surface area contributed by atoms with E-state index in [9.17, 15) is 4.79 Å². The van der Waals surface area contributed by atoms with Gasteiger partial charge in [0.1, 0.15) is 0 Å². The number of H-pyrrole nitrogens is 1. The second-order valence-electron chi connectivity index (χ2n) is 5.81. The van der Waals surface area contributed by atoms with Crippen molar-refractivity contribution in [1.29, 1.82) is 0 Å². The number of hydrogen-bond donors (Lipinski definition) is 2. The van der Waals surface area contributed by atoms with Crippen LogP contribution in [0.5, 0.6) is 0 Å². The first-order valence-corrected chi connectivity index (χ1v) is 7.49. The van der Waals surface area contributed by atoms with E-state index in [-0.39, 0.29) is 11.9 Å². The van der Waals surface area contributed by atoms with Crippen molar-refractivity contribution in [3.63, 3.8) is 0 Å². The fraction of sp³-hybridized carbons (Fsp3) is 0.500. The van der Waals surface area contributed by atoms with Crippen molar-refractivity contribution in [2.45, 2.75) is 45.1 Å². The minimum Gasteiger partial charge on any atom is -0.348 e. The standard InChI is InChI=1S/C16H21N3O/c1-11-7-3-2-4-9-13(11)17-16(20)15-12-8-5-6-10-14(12)18-19-15/h5-6,8,10-11,13H,2-4,7,9H2,1H3,(H,17,20)(H,18,19). The summed E-state index contributed by atoms with van der Waals surface area (Å²) in [5.41, 5.74) is 1.42. The van der Waals surface area contributed by atoms with Crippen molar-refractivity contribution in [2.24, 2.45) is 5.92 Å². The third kappa shape index (κ3) is 2.55. The predicted octanol–water partition coefficient (Wildman–Crippen LogP) is 3.26. The third-order valence-electron chi connectivity index (χ3n) is 4.36. The zero-order valence-electron chi connectivity index (χ0n) is 11.9. The fourth-order valence-electron chi connectivity index (χ4n) is 3.08. The van der Waals surface area contributed by atoms with Crippen LogP contribution in [0.25, 0.3) is 10.9 Å². The molecular formula is C16H21N3O. The Bertz CT molecular complexity index is 605. The number of nitrogens with zero attached hydrogens (tertiary/aromatic N) is 1. The van der Waals surface area contributed by atoms with Gasteiger partial charge in [0.05, 0.1) is 5.52 Å². The molecule has 1 amide bonds. The van der Waals surface area contributed by atoms with Crippen molar-refractivity contribution in [1.82, 2.24) is 15.5 Å². The number of aromatic nitrogens is 2. The van der Waals surface area contributed by atoms with Crippen LogP contribution in [-0.4, -0.2) is 22.1 Å². The van der Waals surface area contributed by atoms with Crippen molar-refractivity contribution < 1.29 is 4.79 Å². The molecule has 20 heavy (non-hydrogen) atoms. The number of fused-ring (bicyclic) bond motifs is 1. The van der Waals surface area contributed by atoms with Gasteiger partial charge in [-0.2, -0.15) is 5.10 Å². The van der Waals surface area contributed by atoms with Crippen molar-refractivity contribution in [3.8, 4) is 0 Å². The van der Waals surface area contributed by atoms with Crippen LogP contribution in [0.2, 0.25) is 0 Å². The molecule has 2 aromatic rings. The number of para-hydroxylation sites is 1. The summed E-state index contributed by atoms with van der Waals surface area (Å²) in [7, 11) is 0. The minimum absolute atomic E-state index is 0.0544. The lowest BCUT2D eigenvalue weighted by atomic mass is 9.97. The summed E-state index contributed by atoms with van der Waals surface area (Å²) in [6, 6.07) is 8.02. The van der Waals surface area contributed by atoms with Gasteiger partial charge in [-0.25, -0.2) is 0 Å². The van der Waals surface area contributed by atoms with E-state index < -0.39 is 0 Å². The lowest BCUT2D eigenvalue weighted by Crippen LogP contribution is -2.39. The number of amides is 1. The lowest BCUT2D eigenvalue weighted by Gasteiger charge is -2.22. The Kier molecular flexibility index (Phi) is 3.72. The monoisotopic (exact) mass is 271 g/mol. The number of carbonyl (C=O) groups is 1. The Morgan fingerprint density at radius 1 is 1.25 bits per heavy atom. The second-order valence-corrected chi connectivity index (χ2v) is 5.81. The maximum Gasteiger partial charge on any atom is 0.272 e. The summed E-state index contributed by atoms with van der Waals surface area (Å²) in [6.45, 7) is 2.24. The van der Waals surface area contributed by atoms with Crippen molar-refractivity contribution in [3.05, 3.63) is 30.0 Å². The molecule has 1 heterocycles. The highest BCUT2D eigenvalue weighted by Crippen LogP contribution is 2.23. The first-order chi connectivity index (χ1) is 9.75. The van der Waals surface area contributed by atoms with Crippen LogP contribution in [0.1, 0.15) is 49.5 Å². The van der Waals surface area contributed by atoms with Crippen LogP contribution in [0.4, 0.5) is 0 Å². The van der Waals surface area contributed by atoms with Crippen molar-refractivity contribution >= 4 is 16.8 Å². The van der Waals surface area contributed by atoms with Gasteiger partial charge in [-0.05, 0) is 24.8 Å². The molecule has 2 atom stereocenters. The largest absolute Gasteiger partial charge is 0.348 e. The summed E-state index contributed by atoms with van der Waals surface area (Å²) < 4.78 is 0. The molecule has 1 saturated carbocycles. The average Bonchev–Trinajstić information content (AvgIpc) is 2.79. The molecule has 0 bridgehead atoms. The SMILES string of the molecule is CC1CCCCCC1NC(=O)c1n[nH]c2ccccc12. The molecule has 0 radical (unpaired) electrons. The molecule has 4 nitrogen and oxygen atoms in total. The number of benzene rings is 1. The minimum atomic E-state index is -0.0544. The van der Waals surface area contributed by atoms with E-state index in [4.69, 9.17) is 0 Å². The molecule has 0 spiro atoms. The lowest BCUT2D eigenvalue weighted by molar-refractivity contribution is 0.0918. The summed E-state index contributed by atoms with van der Waals surface area (Å²) in [6.07, 6.45) is 6.04. The summed E-state index contributed by atoms with van der Waals surface area (Å²) >= 11 is 0. The summed E-state index contributed by atoms with van der Waals surface area (Å²) in [5, 5.41) is 11.2. The summed E-state index contributed by atoms with van der Waals surface area (Å²) in [5.74, 6) is 0.493. The van der Waals surface area contributed by atoms with E-state index >= 15 is 0 Å². The van der Waals surface area contributed by atoms with Gasteiger partial charge in [-0.15, -0.1) is 0 Å². The molecule has 106 valence electrons. The first kappa shape index (κ1) is 13.2. The second kappa shape index (κ2) is 5.65. The van der Waals surface area contributed by atoms with Gasteiger partial charge < -0.3 is 5.32 Å². The van der Waals surface area contributed by atoms with Crippen LogP contribution in [0.3, 0.4) is 0 Å². The molecule has 2 N–H and O–H groups in total. The Labute approximate surface area is 119 Å². The maximum atomic E-state index is 12.5. The Hall–Kier alpha value is -1.84. The number of nitrogens with one attached hydrogen (secondary N) is 2. The van der Waals surface area contributed by atoms with E-state index in [0.717, 1.165) is 17.3 Å². The molecular weight excluding hydrogens is 250 g/mol. The molecule has 2 unspecified atom stereocenters. The van der Waals surface area contributed by atoms with Crippen LogP contribution in [-0.2, 0) is 0 Å². The normalized spacial score (nSPS) is 23.4. The van der Waals surface area contributed by atoms with Gasteiger partial charge in [0, 0.05) is 11.4 Å². The van der Waals surface area contributed by atoms with E-state index in [2.05, 4.69) is 22.4 Å². The van der Waals surface area contributed by atoms with Gasteiger partial charge in [0.25, 0.3) is 5.91 Å². The molecule has 3 rings (SSSR count). The Balaban J connectivity index is 1.78. The van der Waals surface area contributed by atoms with Crippen LogP contribution < -0.4 is 5.32 Å². The highest BCUT2D eigenvalue weighted by molar-refractivity contribution is 6.04. The molecule has 1 aromatic heterocycles. The molecule has 1 aliphatic carbocycles. The van der Waals surface area contributed by atoms with Crippen LogP contribution in [0, 0.1) is 5.92 Å². The van der Waals surface area contributed by atoms with Gasteiger partial charge >= 0.3 is 0 Å². The molecule has 0 aliphatic heterocycles. The number of hydrogen-bond acceptors (Lipinski definition) is 2. The highest BCUT2D eigenvalue weighted by atomic mass is 16.2. The third-order valence-corrected chi connectivity index (χ3v) is 4.36. The Morgan fingerprint density at radius 3 is 2.95 bits per heavy atom. The molecule has 4 heteroatoms. The van der Waals surface area contributed by atoms with Crippen LogP contribution in [0.15, 0.2) is 24.3 Å². The number of rotatable bonds is 2. The summed E-state index contributed by atoms with van der Waals surface area (Å²) in [4.78, 5) is 12.5. The average molecular weight is 271 g/mol. The van der Waals surface area contributed by atoms with Gasteiger partial charge in [-0.1, -0.05) is 44.4 Å². The molecule has 1 aliphatic rings. The van der Waals surface area contributed by atoms with E-state index in [1.165, 1.54) is 25.7 Å². The Morgan fingerprint density at radius 2 is 2.05 bits per heavy atom. The van der Waals surface area contributed by atoms with Gasteiger partial charge in [-0.3, -0.25) is 9.89 Å². The highest BCUT2D eigenvalue weighted by Gasteiger charge is 2.23.